The summed E-state index contributed by atoms with van der Waals surface area (Å²) in [6, 6.07) is 20.5. The number of aromatic amines is 2. The maximum atomic E-state index is 4.45. The normalized spacial score (nSPS) is 11.3. The fourth-order valence-electron chi connectivity index (χ4n) is 3.19. The highest BCUT2D eigenvalue weighted by Crippen LogP contribution is 2.30. The van der Waals surface area contributed by atoms with Gasteiger partial charge in [-0.15, -0.1) is 10.2 Å². The molecule has 0 saturated carbocycles. The molecule has 0 aliphatic carbocycles. The Morgan fingerprint density at radius 3 is 1.46 bits per heavy atom. The number of nitrogens with zero attached hydrogens (tertiary/aromatic N) is 2. The monoisotopic (exact) mass is 310 g/mol. The predicted octanol–water partition coefficient (Wildman–Crippen LogP) is 4.77. The summed E-state index contributed by atoms with van der Waals surface area (Å²) in [4.78, 5) is 6.56. The molecule has 4 heteroatoms. The van der Waals surface area contributed by atoms with Gasteiger partial charge in [0.2, 0.25) is 0 Å². The predicted molar refractivity (Wildman–Crippen MR) is 96.6 cm³/mol. The van der Waals surface area contributed by atoms with Crippen LogP contribution in [0.4, 0.5) is 0 Å². The average molecular weight is 310 g/mol. The lowest BCUT2D eigenvalue weighted by Crippen LogP contribution is -1.89. The van der Waals surface area contributed by atoms with Gasteiger partial charge >= 0.3 is 0 Å². The van der Waals surface area contributed by atoms with E-state index in [2.05, 4.69) is 44.4 Å². The first-order valence-corrected chi connectivity index (χ1v) is 7.87. The largest absolute Gasteiger partial charge is 0.360 e. The Kier molecular flexibility index (Phi) is 2.76. The number of rotatable bonds is 2. The van der Waals surface area contributed by atoms with Gasteiger partial charge in [-0.05, 0) is 24.3 Å². The molecule has 2 aromatic carbocycles. The lowest BCUT2D eigenvalue weighted by molar-refractivity contribution is 1.05. The second kappa shape index (κ2) is 5.06. The summed E-state index contributed by atoms with van der Waals surface area (Å²) in [5, 5.41) is 11.2. The maximum Gasteiger partial charge on any atom is 0.0951 e. The second-order valence-corrected chi connectivity index (χ2v) is 5.80. The van der Waals surface area contributed by atoms with Crippen LogP contribution in [0.25, 0.3) is 44.3 Å². The minimum Gasteiger partial charge on any atom is -0.360 e. The van der Waals surface area contributed by atoms with E-state index in [1.807, 2.05) is 48.8 Å². The van der Waals surface area contributed by atoms with Crippen LogP contribution in [-0.2, 0) is 0 Å². The molecule has 0 aliphatic heterocycles. The Morgan fingerprint density at radius 2 is 1.00 bits per heavy atom. The van der Waals surface area contributed by atoms with Gasteiger partial charge in [-0.3, -0.25) is 0 Å². The zero-order chi connectivity index (χ0) is 15.9. The smallest absolute Gasteiger partial charge is 0.0951 e. The molecule has 0 unspecified atom stereocenters. The van der Waals surface area contributed by atoms with E-state index in [1.54, 1.807) is 0 Å². The van der Waals surface area contributed by atoms with E-state index < -0.39 is 0 Å². The Hall–Kier alpha value is -3.40. The molecule has 0 radical (unpaired) electrons. The molecule has 2 N–H and O–H groups in total. The molecule has 3 aromatic heterocycles. The van der Waals surface area contributed by atoms with Gasteiger partial charge in [0.15, 0.2) is 0 Å². The fourth-order valence-corrected chi connectivity index (χ4v) is 3.19. The maximum absolute atomic E-state index is 4.45. The highest BCUT2D eigenvalue weighted by Gasteiger charge is 2.10. The van der Waals surface area contributed by atoms with Gasteiger partial charge in [0.05, 0.1) is 11.4 Å². The summed E-state index contributed by atoms with van der Waals surface area (Å²) in [5.74, 6) is 0. The van der Waals surface area contributed by atoms with Crippen molar-refractivity contribution in [2.45, 2.75) is 0 Å². The summed E-state index contributed by atoms with van der Waals surface area (Å²) < 4.78 is 0. The number of hydrogen-bond acceptors (Lipinski definition) is 2. The molecule has 114 valence electrons. The van der Waals surface area contributed by atoms with Crippen LogP contribution < -0.4 is 0 Å². The van der Waals surface area contributed by atoms with Crippen molar-refractivity contribution in [3.63, 3.8) is 0 Å². The topological polar surface area (TPSA) is 57.4 Å². The molecular formula is C20H14N4. The highest BCUT2D eigenvalue weighted by molar-refractivity contribution is 5.96. The van der Waals surface area contributed by atoms with Crippen LogP contribution in [0.1, 0.15) is 0 Å². The van der Waals surface area contributed by atoms with E-state index in [0.717, 1.165) is 44.3 Å². The molecular weight excluding hydrogens is 296 g/mol. The van der Waals surface area contributed by atoms with Crippen molar-refractivity contribution in [2.75, 3.05) is 0 Å². The van der Waals surface area contributed by atoms with Crippen molar-refractivity contribution in [2.24, 2.45) is 0 Å². The number of aromatic nitrogens is 4. The Labute approximate surface area is 138 Å². The molecule has 3 heterocycles. The number of H-pyrrole nitrogens is 2. The number of para-hydroxylation sites is 2. The number of fused-ring (bicyclic) bond motifs is 2. The Bertz CT molecular complexity index is 1060. The van der Waals surface area contributed by atoms with E-state index in [-0.39, 0.29) is 0 Å². The first kappa shape index (κ1) is 13.1. The molecule has 0 amide bonds. The quantitative estimate of drug-likeness (QED) is 0.493. The van der Waals surface area contributed by atoms with E-state index in [1.165, 1.54) is 0 Å². The third-order valence-corrected chi connectivity index (χ3v) is 4.39. The third-order valence-electron chi connectivity index (χ3n) is 4.39. The standard InChI is InChI=1S/C20H14N4/c1-3-7-17-13(5-1)15(11-21-17)19-9-10-20(24-23-19)16-12-22-18-8-4-2-6-14(16)18/h1-12,21-22H. The third kappa shape index (κ3) is 1.93. The minimum absolute atomic E-state index is 0.871. The number of benzene rings is 2. The first-order chi connectivity index (χ1) is 11.9. The van der Waals surface area contributed by atoms with Crippen LogP contribution in [0.5, 0.6) is 0 Å². The van der Waals surface area contributed by atoms with E-state index in [0.29, 0.717) is 0 Å². The van der Waals surface area contributed by atoms with Crippen molar-refractivity contribution < 1.29 is 0 Å². The highest BCUT2D eigenvalue weighted by atomic mass is 15.1. The van der Waals surface area contributed by atoms with Gasteiger partial charge in [0.1, 0.15) is 0 Å². The van der Waals surface area contributed by atoms with Gasteiger partial charge in [0, 0.05) is 45.3 Å². The van der Waals surface area contributed by atoms with Gasteiger partial charge in [-0.25, -0.2) is 0 Å². The fraction of sp³-hybridized carbons (Fsp3) is 0. The second-order valence-electron chi connectivity index (χ2n) is 5.80. The molecule has 0 fully saturated rings. The molecule has 0 spiro atoms. The lowest BCUT2D eigenvalue weighted by Gasteiger charge is -2.01. The molecule has 24 heavy (non-hydrogen) atoms. The summed E-state index contributed by atoms with van der Waals surface area (Å²) >= 11 is 0. The molecule has 0 bridgehead atoms. The van der Waals surface area contributed by atoms with Crippen molar-refractivity contribution in [3.05, 3.63) is 73.1 Å². The summed E-state index contributed by atoms with van der Waals surface area (Å²) in [7, 11) is 0. The van der Waals surface area contributed by atoms with Gasteiger partial charge < -0.3 is 9.97 Å². The van der Waals surface area contributed by atoms with Gasteiger partial charge in [-0.1, -0.05) is 36.4 Å². The van der Waals surface area contributed by atoms with E-state index in [4.69, 9.17) is 0 Å². The summed E-state index contributed by atoms with van der Waals surface area (Å²) in [6.45, 7) is 0. The Morgan fingerprint density at radius 1 is 0.542 bits per heavy atom. The van der Waals surface area contributed by atoms with Crippen molar-refractivity contribution in [1.82, 2.24) is 20.2 Å². The minimum atomic E-state index is 0.871. The number of nitrogens with one attached hydrogen (secondary N) is 2. The molecule has 5 rings (SSSR count). The summed E-state index contributed by atoms with van der Waals surface area (Å²) in [5.41, 5.74) is 6.10. The van der Waals surface area contributed by atoms with Crippen LogP contribution in [0, 0.1) is 0 Å². The molecule has 0 saturated heterocycles. The molecule has 4 nitrogen and oxygen atoms in total. The van der Waals surface area contributed by atoms with E-state index >= 15 is 0 Å². The zero-order valence-corrected chi connectivity index (χ0v) is 12.8. The molecule has 0 atom stereocenters. The molecule has 0 aliphatic rings. The summed E-state index contributed by atoms with van der Waals surface area (Å²) in [6.07, 6.45) is 3.97. The Balaban J connectivity index is 1.60. The molecule has 5 aromatic rings. The van der Waals surface area contributed by atoms with Crippen molar-refractivity contribution in [1.29, 1.82) is 0 Å². The van der Waals surface area contributed by atoms with Crippen LogP contribution >= 0.6 is 0 Å². The zero-order valence-electron chi connectivity index (χ0n) is 12.8. The van der Waals surface area contributed by atoms with Crippen LogP contribution in [-0.4, -0.2) is 20.2 Å². The van der Waals surface area contributed by atoms with E-state index in [9.17, 15) is 0 Å². The van der Waals surface area contributed by atoms with Crippen LogP contribution in [0.3, 0.4) is 0 Å². The lowest BCUT2D eigenvalue weighted by atomic mass is 10.1. The SMILES string of the molecule is c1ccc2c(-c3ccc(-c4c[nH]c5ccccc45)nn3)c[nH]c2c1. The number of hydrogen-bond donors (Lipinski definition) is 2. The van der Waals surface area contributed by atoms with Gasteiger partial charge in [-0.2, -0.15) is 0 Å². The van der Waals surface area contributed by atoms with Crippen LogP contribution in [0.15, 0.2) is 73.1 Å². The van der Waals surface area contributed by atoms with Crippen molar-refractivity contribution in [3.8, 4) is 22.5 Å². The van der Waals surface area contributed by atoms with Crippen LogP contribution in [0.2, 0.25) is 0 Å². The van der Waals surface area contributed by atoms with Crippen molar-refractivity contribution >= 4 is 21.8 Å². The first-order valence-electron chi connectivity index (χ1n) is 7.87. The van der Waals surface area contributed by atoms with Gasteiger partial charge in [0.25, 0.3) is 0 Å². The average Bonchev–Trinajstić information content (AvgIpc) is 3.26.